The highest BCUT2D eigenvalue weighted by atomic mass is 32.2. The van der Waals surface area contributed by atoms with Gasteiger partial charge in [0.15, 0.2) is 16.6 Å². The fraction of sp³-hybridized carbons (Fsp3) is 0.300. The first-order chi connectivity index (χ1) is 14.3. The number of carbonyl (C=O) groups is 1. The number of hydrogen-bond acceptors (Lipinski definition) is 7. The van der Waals surface area contributed by atoms with Gasteiger partial charge in [0, 0.05) is 30.8 Å². The second kappa shape index (κ2) is 8.99. The summed E-state index contributed by atoms with van der Waals surface area (Å²) in [5, 5.41) is 3.17. The van der Waals surface area contributed by atoms with Crippen molar-refractivity contribution >= 4 is 42.6 Å². The van der Waals surface area contributed by atoms with Gasteiger partial charge in [-0.2, -0.15) is 4.31 Å². The molecule has 1 N–H and O–H groups in total. The maximum atomic E-state index is 12.6. The lowest BCUT2D eigenvalue weighted by molar-refractivity contribution is 0.102. The molecule has 10 heteroatoms. The van der Waals surface area contributed by atoms with Gasteiger partial charge in [-0.25, -0.2) is 13.4 Å². The molecule has 1 aromatic heterocycles. The minimum atomic E-state index is -3.57. The average molecular weight is 450 g/mol. The first-order valence-corrected chi connectivity index (χ1v) is 11.5. The number of benzene rings is 2. The van der Waals surface area contributed by atoms with Gasteiger partial charge in [-0.3, -0.25) is 10.1 Å². The van der Waals surface area contributed by atoms with Crippen LogP contribution in [0.3, 0.4) is 0 Å². The van der Waals surface area contributed by atoms with Crippen LogP contribution in [0.25, 0.3) is 10.2 Å². The van der Waals surface area contributed by atoms with Crippen molar-refractivity contribution in [2.24, 2.45) is 0 Å². The number of rotatable bonds is 8. The number of thiazole rings is 1. The molecule has 0 bridgehead atoms. The van der Waals surface area contributed by atoms with Crippen LogP contribution in [0.5, 0.6) is 11.5 Å². The van der Waals surface area contributed by atoms with Crippen molar-refractivity contribution in [3.8, 4) is 11.5 Å². The van der Waals surface area contributed by atoms with E-state index in [2.05, 4.69) is 10.3 Å². The Balaban J connectivity index is 1.81. The van der Waals surface area contributed by atoms with Crippen LogP contribution in [-0.4, -0.2) is 50.9 Å². The molecule has 0 spiro atoms. The van der Waals surface area contributed by atoms with Gasteiger partial charge in [0.2, 0.25) is 10.0 Å². The van der Waals surface area contributed by atoms with Crippen molar-refractivity contribution in [1.29, 1.82) is 0 Å². The molecule has 0 fully saturated rings. The SMILES string of the molecule is CCN(CC)S(=O)(=O)c1ccc(C(=O)Nc2nc3cc(OC)c(OC)cc3s2)cc1. The van der Waals surface area contributed by atoms with Crippen molar-refractivity contribution in [3.63, 3.8) is 0 Å². The number of fused-ring (bicyclic) bond motifs is 1. The summed E-state index contributed by atoms with van der Waals surface area (Å²) in [6.07, 6.45) is 0. The molecule has 0 saturated heterocycles. The summed E-state index contributed by atoms with van der Waals surface area (Å²) in [5.41, 5.74) is 1.01. The van der Waals surface area contributed by atoms with Crippen LogP contribution in [0.4, 0.5) is 5.13 Å². The Bertz CT molecular complexity index is 1110. The first-order valence-electron chi connectivity index (χ1n) is 9.28. The molecular weight excluding hydrogens is 426 g/mol. The number of ether oxygens (including phenoxy) is 2. The highest BCUT2D eigenvalue weighted by molar-refractivity contribution is 7.89. The Morgan fingerprint density at radius 1 is 1.07 bits per heavy atom. The van der Waals surface area contributed by atoms with Crippen LogP contribution in [0.1, 0.15) is 24.2 Å². The first kappa shape index (κ1) is 22.0. The van der Waals surface area contributed by atoms with E-state index in [0.717, 1.165) is 4.70 Å². The molecule has 3 aromatic rings. The molecule has 2 aromatic carbocycles. The van der Waals surface area contributed by atoms with E-state index in [0.29, 0.717) is 40.8 Å². The van der Waals surface area contributed by atoms with E-state index in [4.69, 9.17) is 9.47 Å². The van der Waals surface area contributed by atoms with Gasteiger partial charge in [0.25, 0.3) is 5.91 Å². The zero-order valence-electron chi connectivity index (χ0n) is 17.1. The van der Waals surface area contributed by atoms with Gasteiger partial charge in [-0.15, -0.1) is 0 Å². The summed E-state index contributed by atoms with van der Waals surface area (Å²) in [7, 11) is -0.468. The van der Waals surface area contributed by atoms with E-state index < -0.39 is 10.0 Å². The van der Waals surface area contributed by atoms with E-state index in [1.807, 2.05) is 0 Å². The van der Waals surface area contributed by atoms with Crippen LogP contribution in [-0.2, 0) is 10.0 Å². The van der Waals surface area contributed by atoms with E-state index in [1.165, 1.54) is 39.9 Å². The normalized spacial score (nSPS) is 11.6. The summed E-state index contributed by atoms with van der Waals surface area (Å²) in [6, 6.07) is 9.41. The number of amides is 1. The molecular formula is C20H23N3O5S2. The summed E-state index contributed by atoms with van der Waals surface area (Å²) in [6.45, 7) is 4.33. The molecule has 8 nitrogen and oxygen atoms in total. The number of nitrogens with one attached hydrogen (secondary N) is 1. The third kappa shape index (κ3) is 4.25. The fourth-order valence-electron chi connectivity index (χ4n) is 2.97. The van der Waals surface area contributed by atoms with Crippen molar-refractivity contribution in [3.05, 3.63) is 42.0 Å². The maximum absolute atomic E-state index is 12.6. The third-order valence-electron chi connectivity index (χ3n) is 4.57. The van der Waals surface area contributed by atoms with Crippen LogP contribution < -0.4 is 14.8 Å². The third-order valence-corrected chi connectivity index (χ3v) is 7.57. The molecule has 0 unspecified atom stereocenters. The molecule has 0 saturated carbocycles. The smallest absolute Gasteiger partial charge is 0.257 e. The Labute approximate surface area is 179 Å². The van der Waals surface area contributed by atoms with Crippen molar-refractivity contribution in [2.75, 3.05) is 32.6 Å². The summed E-state index contributed by atoms with van der Waals surface area (Å²) in [4.78, 5) is 17.2. The van der Waals surface area contributed by atoms with Crippen LogP contribution in [0, 0.1) is 0 Å². The van der Waals surface area contributed by atoms with Crippen molar-refractivity contribution < 1.29 is 22.7 Å². The average Bonchev–Trinajstić information content (AvgIpc) is 3.14. The number of sulfonamides is 1. The fourth-order valence-corrected chi connectivity index (χ4v) is 5.30. The number of nitrogens with zero attached hydrogens (tertiary/aromatic N) is 2. The Hall–Kier alpha value is -2.69. The Morgan fingerprint density at radius 3 is 2.23 bits per heavy atom. The standard InChI is InChI=1S/C20H23N3O5S2/c1-5-23(6-2)30(25,26)14-9-7-13(8-10-14)19(24)22-20-21-15-11-16(27-3)17(28-4)12-18(15)29-20/h7-12H,5-6H2,1-4H3,(H,21,22,24). The van der Waals surface area contributed by atoms with Gasteiger partial charge in [0.1, 0.15) is 0 Å². The molecule has 0 aliphatic rings. The zero-order valence-corrected chi connectivity index (χ0v) is 18.8. The molecule has 160 valence electrons. The van der Waals surface area contributed by atoms with Crippen molar-refractivity contribution in [1.82, 2.24) is 9.29 Å². The number of methoxy groups -OCH3 is 2. The van der Waals surface area contributed by atoms with Gasteiger partial charge in [-0.1, -0.05) is 25.2 Å². The zero-order chi connectivity index (χ0) is 21.9. The minimum Gasteiger partial charge on any atom is -0.493 e. The van der Waals surface area contributed by atoms with E-state index >= 15 is 0 Å². The predicted molar refractivity (Wildman–Crippen MR) is 117 cm³/mol. The number of anilines is 1. The quantitative estimate of drug-likeness (QED) is 0.564. The molecule has 3 rings (SSSR count). The monoisotopic (exact) mass is 449 g/mol. The lowest BCUT2D eigenvalue weighted by Crippen LogP contribution is -2.30. The van der Waals surface area contributed by atoms with E-state index in [-0.39, 0.29) is 10.8 Å². The number of aromatic nitrogens is 1. The molecule has 0 aliphatic heterocycles. The van der Waals surface area contributed by atoms with Gasteiger partial charge in [0.05, 0.1) is 29.3 Å². The molecule has 1 heterocycles. The van der Waals surface area contributed by atoms with Crippen LogP contribution in [0.2, 0.25) is 0 Å². The van der Waals surface area contributed by atoms with Crippen LogP contribution in [0.15, 0.2) is 41.3 Å². The highest BCUT2D eigenvalue weighted by Crippen LogP contribution is 2.36. The Kier molecular flexibility index (Phi) is 6.59. The largest absolute Gasteiger partial charge is 0.493 e. The topological polar surface area (TPSA) is 97.8 Å². The molecule has 0 atom stereocenters. The molecule has 0 aliphatic carbocycles. The van der Waals surface area contributed by atoms with Gasteiger partial charge in [-0.05, 0) is 24.3 Å². The predicted octanol–water partition coefficient (Wildman–Crippen LogP) is 3.60. The second-order valence-corrected chi connectivity index (χ2v) is 9.23. The van der Waals surface area contributed by atoms with Gasteiger partial charge >= 0.3 is 0 Å². The Morgan fingerprint density at radius 2 is 1.67 bits per heavy atom. The number of carbonyl (C=O) groups excluding carboxylic acids is 1. The second-order valence-electron chi connectivity index (χ2n) is 6.26. The minimum absolute atomic E-state index is 0.155. The maximum Gasteiger partial charge on any atom is 0.257 e. The van der Waals surface area contributed by atoms with E-state index in [9.17, 15) is 13.2 Å². The lowest BCUT2D eigenvalue weighted by atomic mass is 10.2. The van der Waals surface area contributed by atoms with Gasteiger partial charge < -0.3 is 9.47 Å². The number of hydrogen-bond donors (Lipinski definition) is 1. The summed E-state index contributed by atoms with van der Waals surface area (Å²) >= 11 is 1.31. The van der Waals surface area contributed by atoms with Crippen LogP contribution >= 0.6 is 11.3 Å². The molecule has 30 heavy (non-hydrogen) atoms. The lowest BCUT2D eigenvalue weighted by Gasteiger charge is -2.18. The van der Waals surface area contributed by atoms with Crippen molar-refractivity contribution in [2.45, 2.75) is 18.7 Å². The highest BCUT2D eigenvalue weighted by Gasteiger charge is 2.22. The summed E-state index contributed by atoms with van der Waals surface area (Å²) in [5.74, 6) is 0.759. The van der Waals surface area contributed by atoms with E-state index in [1.54, 1.807) is 40.2 Å². The molecule has 1 amide bonds. The summed E-state index contributed by atoms with van der Waals surface area (Å²) < 4.78 is 37.9. The molecule has 0 radical (unpaired) electrons.